The average molecular weight is 611 g/mol. The standard InChI is InChI=1S/C35H38N4O6/c1-23-28(33(24-10-3-2-4-11-24)27-12-5-6-13-29(27)37-23)22-30(38-31(41)14-9-15-32(42)43)35(45)39(21-8-7-20-36)34(44)25-16-18-26(40)19-17-25/h2-6,10-13,16-19,30,40H,7-9,14-15,20-22,36H2,1H3,(H,38,41)(H,42,43). The molecule has 4 rings (SSSR count). The fourth-order valence-electron chi connectivity index (χ4n) is 5.30. The number of carbonyl (C=O) groups excluding carboxylic acids is 3. The number of nitrogens with one attached hydrogen (secondary N) is 1. The Balaban J connectivity index is 1.79. The van der Waals surface area contributed by atoms with Crippen molar-refractivity contribution in [2.45, 2.75) is 51.5 Å². The Hall–Kier alpha value is -5.09. The monoisotopic (exact) mass is 610 g/mol. The van der Waals surface area contributed by atoms with Crippen LogP contribution < -0.4 is 11.1 Å². The molecule has 0 bridgehead atoms. The van der Waals surface area contributed by atoms with Crippen molar-refractivity contribution in [1.82, 2.24) is 15.2 Å². The Labute approximate surface area is 261 Å². The van der Waals surface area contributed by atoms with Crippen LogP contribution in [0.1, 0.15) is 53.7 Å². The van der Waals surface area contributed by atoms with E-state index >= 15 is 0 Å². The molecule has 234 valence electrons. The third-order valence-electron chi connectivity index (χ3n) is 7.56. The first kappa shape index (κ1) is 32.8. The summed E-state index contributed by atoms with van der Waals surface area (Å²) in [6.45, 7) is 2.30. The number of carboxylic acid groups (broad SMARTS) is 1. The Kier molecular flexibility index (Phi) is 11.4. The van der Waals surface area contributed by atoms with Crippen molar-refractivity contribution in [1.29, 1.82) is 0 Å². The van der Waals surface area contributed by atoms with Crippen LogP contribution in [0.25, 0.3) is 22.0 Å². The van der Waals surface area contributed by atoms with Gasteiger partial charge in [-0.15, -0.1) is 0 Å². The first-order valence-corrected chi connectivity index (χ1v) is 15.0. The summed E-state index contributed by atoms with van der Waals surface area (Å²) in [7, 11) is 0. The van der Waals surface area contributed by atoms with Gasteiger partial charge in [0.2, 0.25) is 5.91 Å². The summed E-state index contributed by atoms with van der Waals surface area (Å²) < 4.78 is 0. The van der Waals surface area contributed by atoms with Crippen molar-refractivity contribution in [3.8, 4) is 16.9 Å². The van der Waals surface area contributed by atoms with E-state index in [9.17, 15) is 24.3 Å². The van der Waals surface area contributed by atoms with Crippen LogP contribution in [0.15, 0.2) is 78.9 Å². The highest BCUT2D eigenvalue weighted by Gasteiger charge is 2.32. The number of aromatic nitrogens is 1. The number of aromatic hydroxyl groups is 1. The van der Waals surface area contributed by atoms with Crippen LogP contribution >= 0.6 is 0 Å². The van der Waals surface area contributed by atoms with Crippen molar-refractivity contribution in [3.63, 3.8) is 0 Å². The van der Waals surface area contributed by atoms with Gasteiger partial charge >= 0.3 is 5.97 Å². The Morgan fingerprint density at radius 2 is 1.58 bits per heavy atom. The van der Waals surface area contributed by atoms with Crippen molar-refractivity contribution in [2.24, 2.45) is 5.73 Å². The van der Waals surface area contributed by atoms with E-state index in [0.717, 1.165) is 32.5 Å². The summed E-state index contributed by atoms with van der Waals surface area (Å²) >= 11 is 0. The molecule has 4 aromatic rings. The van der Waals surface area contributed by atoms with E-state index in [-0.39, 0.29) is 43.5 Å². The molecule has 45 heavy (non-hydrogen) atoms. The van der Waals surface area contributed by atoms with Gasteiger partial charge in [0.05, 0.1) is 5.52 Å². The summed E-state index contributed by atoms with van der Waals surface area (Å²) in [5.41, 5.74) is 9.88. The fourth-order valence-corrected chi connectivity index (χ4v) is 5.30. The summed E-state index contributed by atoms with van der Waals surface area (Å²) in [6, 6.07) is 21.8. The number of amides is 3. The third kappa shape index (κ3) is 8.51. The highest BCUT2D eigenvalue weighted by molar-refractivity contribution is 6.07. The van der Waals surface area contributed by atoms with E-state index in [2.05, 4.69) is 5.32 Å². The third-order valence-corrected chi connectivity index (χ3v) is 7.56. The van der Waals surface area contributed by atoms with Crippen molar-refractivity contribution in [3.05, 3.63) is 95.7 Å². The van der Waals surface area contributed by atoms with Crippen molar-refractivity contribution in [2.75, 3.05) is 13.1 Å². The molecule has 0 aliphatic heterocycles. The zero-order chi connectivity index (χ0) is 32.3. The van der Waals surface area contributed by atoms with Crippen LogP contribution in [0.5, 0.6) is 5.75 Å². The number of phenolic OH excluding ortho intramolecular Hbond substituents is 1. The zero-order valence-electron chi connectivity index (χ0n) is 25.2. The first-order valence-electron chi connectivity index (χ1n) is 15.0. The molecule has 0 saturated heterocycles. The Morgan fingerprint density at radius 3 is 2.27 bits per heavy atom. The molecule has 1 unspecified atom stereocenters. The number of hydrogen-bond acceptors (Lipinski definition) is 7. The fraction of sp³-hybridized carbons (Fsp3) is 0.286. The lowest BCUT2D eigenvalue weighted by Crippen LogP contribution is -2.52. The maximum atomic E-state index is 14.4. The summed E-state index contributed by atoms with van der Waals surface area (Å²) in [5, 5.41) is 22.5. The molecule has 3 aromatic carbocycles. The molecule has 1 heterocycles. The van der Waals surface area contributed by atoms with Gasteiger partial charge in [0.15, 0.2) is 0 Å². The van der Waals surface area contributed by atoms with Crippen LogP contribution in [0, 0.1) is 6.92 Å². The molecule has 10 heteroatoms. The van der Waals surface area contributed by atoms with Gasteiger partial charge in [-0.2, -0.15) is 0 Å². The molecule has 0 spiro atoms. The molecule has 5 N–H and O–H groups in total. The van der Waals surface area contributed by atoms with E-state index < -0.39 is 29.7 Å². The van der Waals surface area contributed by atoms with Gasteiger partial charge in [0, 0.05) is 42.5 Å². The van der Waals surface area contributed by atoms with Gasteiger partial charge in [-0.3, -0.25) is 29.1 Å². The van der Waals surface area contributed by atoms with Gasteiger partial charge in [-0.1, -0.05) is 48.5 Å². The number of fused-ring (bicyclic) bond motifs is 1. The zero-order valence-corrected chi connectivity index (χ0v) is 25.2. The second kappa shape index (κ2) is 15.6. The number of para-hydroxylation sites is 1. The molecule has 1 atom stereocenters. The number of aliphatic carboxylic acids is 1. The number of carbonyl (C=O) groups is 4. The normalized spacial score (nSPS) is 11.6. The lowest BCUT2D eigenvalue weighted by molar-refractivity contribution is -0.137. The highest BCUT2D eigenvalue weighted by atomic mass is 16.4. The Morgan fingerprint density at radius 1 is 0.889 bits per heavy atom. The van der Waals surface area contributed by atoms with Gasteiger partial charge in [0.1, 0.15) is 11.8 Å². The number of hydrogen-bond donors (Lipinski definition) is 4. The minimum atomic E-state index is -1.16. The van der Waals surface area contributed by atoms with Gasteiger partial charge in [0.25, 0.3) is 11.8 Å². The minimum Gasteiger partial charge on any atom is -0.508 e. The SMILES string of the molecule is Cc1nc2ccccc2c(-c2ccccc2)c1CC(NC(=O)CCCC(=O)O)C(=O)N(CCCCN)C(=O)c1ccc(O)cc1. The number of phenols is 1. The van der Waals surface area contributed by atoms with Crippen LogP contribution in [0.3, 0.4) is 0 Å². The largest absolute Gasteiger partial charge is 0.508 e. The van der Waals surface area contributed by atoms with E-state index in [1.165, 1.54) is 24.3 Å². The number of unbranched alkanes of at least 4 members (excludes halogenated alkanes) is 1. The molecular formula is C35H38N4O6. The highest BCUT2D eigenvalue weighted by Crippen LogP contribution is 2.34. The summed E-state index contributed by atoms with van der Waals surface area (Å²) in [6.07, 6.45) is 0.869. The molecule has 1 aromatic heterocycles. The number of carboxylic acids is 1. The van der Waals surface area contributed by atoms with Crippen LogP contribution in [-0.4, -0.2) is 62.9 Å². The summed E-state index contributed by atoms with van der Waals surface area (Å²) in [5.74, 6) is -2.72. The predicted octanol–water partition coefficient (Wildman–Crippen LogP) is 4.61. The number of aryl methyl sites for hydroxylation is 1. The molecule has 0 fully saturated rings. The maximum absolute atomic E-state index is 14.4. The second-order valence-corrected chi connectivity index (χ2v) is 10.8. The molecule has 0 radical (unpaired) electrons. The number of benzene rings is 3. The molecule has 3 amide bonds. The number of nitrogens with zero attached hydrogens (tertiary/aromatic N) is 2. The average Bonchev–Trinajstić information content (AvgIpc) is 3.03. The van der Waals surface area contributed by atoms with Gasteiger partial charge in [-0.05, 0) is 79.8 Å². The van der Waals surface area contributed by atoms with E-state index in [0.29, 0.717) is 25.1 Å². The van der Waals surface area contributed by atoms with Crippen LogP contribution in [0.4, 0.5) is 0 Å². The van der Waals surface area contributed by atoms with E-state index in [1.807, 2.05) is 61.5 Å². The van der Waals surface area contributed by atoms with Gasteiger partial charge < -0.3 is 21.3 Å². The smallest absolute Gasteiger partial charge is 0.303 e. The number of rotatable bonds is 14. The molecule has 0 aliphatic carbocycles. The van der Waals surface area contributed by atoms with Gasteiger partial charge in [-0.25, -0.2) is 0 Å². The number of imide groups is 1. The summed E-state index contributed by atoms with van der Waals surface area (Å²) in [4.78, 5) is 58.2. The quantitative estimate of drug-likeness (QED) is 0.151. The van der Waals surface area contributed by atoms with Crippen molar-refractivity contribution < 1.29 is 29.4 Å². The predicted molar refractivity (Wildman–Crippen MR) is 171 cm³/mol. The lowest BCUT2D eigenvalue weighted by atomic mass is 9.90. The molecule has 0 aliphatic rings. The molecule has 10 nitrogen and oxygen atoms in total. The van der Waals surface area contributed by atoms with Crippen LogP contribution in [0.2, 0.25) is 0 Å². The lowest BCUT2D eigenvalue weighted by Gasteiger charge is -2.28. The second-order valence-electron chi connectivity index (χ2n) is 10.8. The topological polar surface area (TPSA) is 163 Å². The molecule has 0 saturated carbocycles. The van der Waals surface area contributed by atoms with E-state index in [1.54, 1.807) is 0 Å². The minimum absolute atomic E-state index is 0.0215. The molecular weight excluding hydrogens is 572 g/mol. The Bertz CT molecular complexity index is 1660. The van der Waals surface area contributed by atoms with Crippen molar-refractivity contribution >= 4 is 34.6 Å². The van der Waals surface area contributed by atoms with Crippen LogP contribution in [-0.2, 0) is 20.8 Å². The maximum Gasteiger partial charge on any atom is 0.303 e. The first-order chi connectivity index (χ1) is 21.7. The number of nitrogens with two attached hydrogens (primary N) is 1. The van der Waals surface area contributed by atoms with E-state index in [4.69, 9.17) is 15.8 Å². The number of pyridine rings is 1.